The molecule has 0 spiro atoms. The molecule has 0 atom stereocenters. The molecule has 0 fully saturated rings. The van der Waals surface area contributed by atoms with Crippen molar-refractivity contribution in [2.75, 3.05) is 0 Å². The van der Waals surface area contributed by atoms with E-state index in [-0.39, 0.29) is 16.4 Å². The molecule has 0 amide bonds. The molecule has 2 rings (SSSR count). The van der Waals surface area contributed by atoms with Crippen molar-refractivity contribution < 1.29 is 0 Å². The van der Waals surface area contributed by atoms with Gasteiger partial charge < -0.3 is 4.98 Å². The molecule has 0 bridgehead atoms. The normalized spacial score (nSPS) is 10.4. The molecule has 5 nitrogen and oxygen atoms in total. The molecule has 12 heavy (non-hydrogen) atoms. The Morgan fingerprint density at radius 2 is 2.25 bits per heavy atom. The molecule has 2 aromatic heterocycles. The van der Waals surface area contributed by atoms with Crippen LogP contribution in [0.3, 0.4) is 0 Å². The van der Waals surface area contributed by atoms with Crippen molar-refractivity contribution >= 4 is 22.6 Å². The Balaban J connectivity index is 2.98. The molecule has 0 aliphatic rings. The lowest BCUT2D eigenvalue weighted by molar-refractivity contribution is 1.11. The van der Waals surface area contributed by atoms with E-state index in [0.717, 1.165) is 0 Å². The molecular formula is C6H3ClN4O. The zero-order chi connectivity index (χ0) is 8.55. The van der Waals surface area contributed by atoms with E-state index in [1.54, 1.807) is 0 Å². The van der Waals surface area contributed by atoms with E-state index in [0.29, 0.717) is 5.52 Å². The number of fused-ring (bicyclic) bond motifs is 1. The highest BCUT2D eigenvalue weighted by atomic mass is 35.5. The van der Waals surface area contributed by atoms with Gasteiger partial charge in [0.05, 0.1) is 12.5 Å². The highest BCUT2D eigenvalue weighted by Crippen LogP contribution is 2.04. The first-order chi connectivity index (χ1) is 5.77. The average Bonchev–Trinajstić information content (AvgIpc) is 2.07. The van der Waals surface area contributed by atoms with Crippen molar-refractivity contribution in [3.8, 4) is 0 Å². The second-order valence-corrected chi connectivity index (χ2v) is 2.44. The lowest BCUT2D eigenvalue weighted by Crippen LogP contribution is -2.08. The summed E-state index contributed by atoms with van der Waals surface area (Å²) < 4.78 is 0. The van der Waals surface area contributed by atoms with Crippen molar-refractivity contribution in [1.82, 2.24) is 19.9 Å². The fourth-order valence-electron chi connectivity index (χ4n) is 0.844. The summed E-state index contributed by atoms with van der Waals surface area (Å²) in [4.78, 5) is 24.7. The number of aromatic amines is 1. The number of aromatic nitrogens is 4. The summed E-state index contributed by atoms with van der Waals surface area (Å²) in [5.74, 6) is 0. The van der Waals surface area contributed by atoms with Crippen LogP contribution < -0.4 is 5.56 Å². The summed E-state index contributed by atoms with van der Waals surface area (Å²) in [7, 11) is 0. The minimum Gasteiger partial charge on any atom is -0.311 e. The van der Waals surface area contributed by atoms with Gasteiger partial charge in [0.15, 0.2) is 5.52 Å². The standard InChI is InChI=1S/C6H3ClN4O/c7-6-8-1-3-4(11-6)5(12)10-2-9-3/h1-2H,(H,9,10,12). The van der Waals surface area contributed by atoms with Crippen LogP contribution in [-0.2, 0) is 0 Å². The quantitative estimate of drug-likeness (QED) is 0.598. The molecule has 6 heteroatoms. The highest BCUT2D eigenvalue weighted by Gasteiger charge is 2.01. The van der Waals surface area contributed by atoms with Gasteiger partial charge in [0, 0.05) is 0 Å². The maximum absolute atomic E-state index is 11.1. The Labute approximate surface area is 71.5 Å². The van der Waals surface area contributed by atoms with Gasteiger partial charge in [-0.25, -0.2) is 15.0 Å². The van der Waals surface area contributed by atoms with Crippen LogP contribution in [0.4, 0.5) is 0 Å². The van der Waals surface area contributed by atoms with Crippen LogP contribution in [0, 0.1) is 0 Å². The minimum absolute atomic E-state index is 0.0426. The summed E-state index contributed by atoms with van der Waals surface area (Å²) in [5, 5.41) is 0.0426. The Kier molecular flexibility index (Phi) is 1.51. The van der Waals surface area contributed by atoms with Gasteiger partial charge in [-0.05, 0) is 11.6 Å². The first kappa shape index (κ1) is 7.17. The Hall–Kier alpha value is -1.49. The molecule has 0 aliphatic heterocycles. The predicted octanol–water partition coefficient (Wildman–Crippen LogP) is 0.366. The highest BCUT2D eigenvalue weighted by molar-refractivity contribution is 6.28. The van der Waals surface area contributed by atoms with Crippen LogP contribution in [0.5, 0.6) is 0 Å². The lowest BCUT2D eigenvalue weighted by atomic mass is 10.4. The maximum Gasteiger partial charge on any atom is 0.277 e. The van der Waals surface area contributed by atoms with Crippen LogP contribution in [0.15, 0.2) is 17.3 Å². The maximum atomic E-state index is 11.1. The van der Waals surface area contributed by atoms with Crippen LogP contribution in [0.25, 0.3) is 11.0 Å². The fraction of sp³-hybridized carbons (Fsp3) is 0. The van der Waals surface area contributed by atoms with Crippen molar-refractivity contribution in [2.45, 2.75) is 0 Å². The average molecular weight is 183 g/mol. The molecule has 0 radical (unpaired) electrons. The molecule has 1 N–H and O–H groups in total. The van der Waals surface area contributed by atoms with E-state index in [2.05, 4.69) is 19.9 Å². The largest absolute Gasteiger partial charge is 0.311 e. The van der Waals surface area contributed by atoms with Crippen LogP contribution in [0.2, 0.25) is 5.28 Å². The number of hydrogen-bond donors (Lipinski definition) is 1. The molecular weight excluding hydrogens is 180 g/mol. The second-order valence-electron chi connectivity index (χ2n) is 2.10. The SMILES string of the molecule is O=c1[nH]cnc2cnc(Cl)nc12. The number of rotatable bonds is 0. The second kappa shape index (κ2) is 2.53. The van der Waals surface area contributed by atoms with Crippen LogP contribution in [0.1, 0.15) is 0 Å². The summed E-state index contributed by atoms with van der Waals surface area (Å²) in [6.45, 7) is 0. The molecule has 0 saturated carbocycles. The monoisotopic (exact) mass is 182 g/mol. The van der Waals surface area contributed by atoms with E-state index in [9.17, 15) is 4.79 Å². The number of hydrogen-bond acceptors (Lipinski definition) is 4. The minimum atomic E-state index is -0.315. The van der Waals surface area contributed by atoms with Gasteiger partial charge in [0.1, 0.15) is 5.52 Å². The zero-order valence-corrected chi connectivity index (χ0v) is 6.54. The van der Waals surface area contributed by atoms with Crippen LogP contribution in [-0.4, -0.2) is 19.9 Å². The number of halogens is 1. The third-order valence-electron chi connectivity index (χ3n) is 1.35. The van der Waals surface area contributed by atoms with Gasteiger partial charge in [-0.2, -0.15) is 0 Å². The molecule has 0 unspecified atom stereocenters. The van der Waals surface area contributed by atoms with E-state index in [1.165, 1.54) is 12.5 Å². The van der Waals surface area contributed by atoms with E-state index >= 15 is 0 Å². The third kappa shape index (κ3) is 1.04. The molecule has 0 aliphatic carbocycles. The first-order valence-corrected chi connectivity index (χ1v) is 3.51. The molecule has 0 aromatic carbocycles. The Bertz CT molecular complexity index is 480. The number of nitrogens with zero attached hydrogens (tertiary/aromatic N) is 3. The van der Waals surface area contributed by atoms with Gasteiger partial charge in [0.25, 0.3) is 5.56 Å². The number of nitrogens with one attached hydrogen (secondary N) is 1. The Morgan fingerprint density at radius 3 is 3.08 bits per heavy atom. The van der Waals surface area contributed by atoms with Gasteiger partial charge in [-0.3, -0.25) is 4.79 Å². The molecule has 2 heterocycles. The van der Waals surface area contributed by atoms with Crippen molar-refractivity contribution in [2.24, 2.45) is 0 Å². The van der Waals surface area contributed by atoms with Crippen molar-refractivity contribution in [3.63, 3.8) is 0 Å². The summed E-state index contributed by atoms with van der Waals surface area (Å²) in [5.41, 5.74) is 0.324. The Morgan fingerprint density at radius 1 is 1.42 bits per heavy atom. The third-order valence-corrected chi connectivity index (χ3v) is 1.54. The molecule has 60 valence electrons. The van der Waals surface area contributed by atoms with Gasteiger partial charge in [-0.15, -0.1) is 0 Å². The number of H-pyrrole nitrogens is 1. The van der Waals surface area contributed by atoms with E-state index in [1.807, 2.05) is 0 Å². The molecule has 0 saturated heterocycles. The first-order valence-electron chi connectivity index (χ1n) is 3.13. The van der Waals surface area contributed by atoms with Crippen LogP contribution >= 0.6 is 11.6 Å². The van der Waals surface area contributed by atoms with Gasteiger partial charge in [0.2, 0.25) is 5.28 Å². The topological polar surface area (TPSA) is 71.5 Å². The van der Waals surface area contributed by atoms with Gasteiger partial charge in [-0.1, -0.05) is 0 Å². The van der Waals surface area contributed by atoms with E-state index < -0.39 is 0 Å². The van der Waals surface area contributed by atoms with Crippen molar-refractivity contribution in [3.05, 3.63) is 28.2 Å². The smallest absolute Gasteiger partial charge is 0.277 e. The zero-order valence-electron chi connectivity index (χ0n) is 5.78. The summed E-state index contributed by atoms with van der Waals surface area (Å²) in [6.07, 6.45) is 2.70. The molecule has 2 aromatic rings. The predicted molar refractivity (Wildman–Crippen MR) is 43.0 cm³/mol. The van der Waals surface area contributed by atoms with Crippen molar-refractivity contribution in [1.29, 1.82) is 0 Å². The fourth-order valence-corrected chi connectivity index (χ4v) is 0.978. The lowest BCUT2D eigenvalue weighted by Gasteiger charge is -1.92. The summed E-state index contributed by atoms with van der Waals surface area (Å²) >= 11 is 5.49. The van der Waals surface area contributed by atoms with E-state index in [4.69, 9.17) is 11.6 Å². The van der Waals surface area contributed by atoms with Gasteiger partial charge >= 0.3 is 0 Å². The summed E-state index contributed by atoms with van der Waals surface area (Å²) in [6, 6.07) is 0.